The van der Waals surface area contributed by atoms with E-state index in [1.165, 1.54) is 0 Å². The van der Waals surface area contributed by atoms with Crippen LogP contribution in [0.2, 0.25) is 0 Å². The molecule has 0 saturated heterocycles. The molecule has 100 valence electrons. The Balaban J connectivity index is 2.27. The van der Waals surface area contributed by atoms with Gasteiger partial charge in [0.05, 0.1) is 5.52 Å². The smallest absolute Gasteiger partial charge is 0.167 e. The fraction of sp³-hybridized carbons (Fsp3) is 0.188. The minimum Gasteiger partial charge on any atom is -0.299 e. The van der Waals surface area contributed by atoms with Crippen LogP contribution in [0.25, 0.3) is 16.7 Å². The third-order valence-electron chi connectivity index (χ3n) is 3.31. The summed E-state index contributed by atoms with van der Waals surface area (Å²) in [5, 5.41) is 8.98. The zero-order valence-electron chi connectivity index (χ0n) is 11.4. The first-order chi connectivity index (χ1) is 9.68. The van der Waals surface area contributed by atoms with Crippen LogP contribution in [0.5, 0.6) is 0 Å². The van der Waals surface area contributed by atoms with Gasteiger partial charge >= 0.3 is 0 Å². The SMILES string of the molecule is CC(C)C(=O)c1cn(-c2cccnn2)c2ccccc12. The Hall–Kier alpha value is -2.49. The minimum absolute atomic E-state index is 0.0314. The van der Waals surface area contributed by atoms with Crippen LogP contribution in [0.3, 0.4) is 0 Å². The summed E-state index contributed by atoms with van der Waals surface area (Å²) in [6, 6.07) is 11.6. The van der Waals surface area contributed by atoms with E-state index in [0.717, 1.165) is 16.5 Å². The fourth-order valence-corrected chi connectivity index (χ4v) is 2.30. The number of fused-ring (bicyclic) bond motifs is 1. The molecule has 0 N–H and O–H groups in total. The summed E-state index contributed by atoms with van der Waals surface area (Å²) in [6.45, 7) is 3.83. The van der Waals surface area contributed by atoms with Crippen molar-refractivity contribution in [2.75, 3.05) is 0 Å². The first-order valence-corrected chi connectivity index (χ1v) is 6.61. The standard InChI is InChI=1S/C16H15N3O/c1-11(2)16(20)13-10-19(15-8-5-9-17-18-15)14-7-4-3-6-12(13)14/h3-11H,1-2H3. The van der Waals surface area contributed by atoms with Gasteiger partial charge in [-0.15, -0.1) is 5.10 Å². The Labute approximate surface area is 117 Å². The topological polar surface area (TPSA) is 47.8 Å². The molecule has 3 rings (SSSR count). The van der Waals surface area contributed by atoms with E-state index in [1.54, 1.807) is 6.20 Å². The lowest BCUT2D eigenvalue weighted by Gasteiger charge is -2.01. The van der Waals surface area contributed by atoms with E-state index in [4.69, 9.17) is 0 Å². The van der Waals surface area contributed by atoms with Gasteiger partial charge in [-0.1, -0.05) is 32.0 Å². The van der Waals surface area contributed by atoms with Gasteiger partial charge in [-0.2, -0.15) is 5.10 Å². The second-order valence-corrected chi connectivity index (χ2v) is 5.03. The van der Waals surface area contributed by atoms with Crippen molar-refractivity contribution >= 4 is 16.7 Å². The molecule has 0 spiro atoms. The molecule has 4 nitrogen and oxygen atoms in total. The van der Waals surface area contributed by atoms with Crippen LogP contribution in [0.15, 0.2) is 48.8 Å². The number of Topliss-reactive ketones (excluding diaryl/α,β-unsaturated/α-hetero) is 1. The maximum absolute atomic E-state index is 12.4. The Morgan fingerprint density at radius 1 is 1.15 bits per heavy atom. The summed E-state index contributed by atoms with van der Waals surface area (Å²) in [5.41, 5.74) is 1.71. The summed E-state index contributed by atoms with van der Waals surface area (Å²) in [6.07, 6.45) is 3.49. The number of nitrogens with zero attached hydrogens (tertiary/aromatic N) is 3. The van der Waals surface area contributed by atoms with Gasteiger partial charge in [-0.25, -0.2) is 0 Å². The van der Waals surface area contributed by atoms with E-state index >= 15 is 0 Å². The molecule has 0 atom stereocenters. The Morgan fingerprint density at radius 2 is 1.95 bits per heavy atom. The normalized spacial score (nSPS) is 11.2. The van der Waals surface area contributed by atoms with Crippen molar-refractivity contribution in [1.29, 1.82) is 0 Å². The van der Waals surface area contributed by atoms with E-state index in [-0.39, 0.29) is 11.7 Å². The predicted octanol–water partition coefficient (Wildman–Crippen LogP) is 3.26. The second kappa shape index (κ2) is 4.89. The predicted molar refractivity (Wildman–Crippen MR) is 78.0 cm³/mol. The van der Waals surface area contributed by atoms with E-state index in [2.05, 4.69) is 10.2 Å². The van der Waals surface area contributed by atoms with Crippen LogP contribution in [-0.2, 0) is 0 Å². The Bertz CT molecular complexity index is 760. The molecular formula is C16H15N3O. The number of aromatic nitrogens is 3. The lowest BCUT2D eigenvalue weighted by atomic mass is 10.0. The molecule has 0 radical (unpaired) electrons. The van der Waals surface area contributed by atoms with Gasteiger partial charge < -0.3 is 0 Å². The average molecular weight is 265 g/mol. The maximum Gasteiger partial charge on any atom is 0.167 e. The van der Waals surface area contributed by atoms with E-state index in [9.17, 15) is 4.79 Å². The molecular weight excluding hydrogens is 250 g/mol. The first kappa shape index (κ1) is 12.5. The number of ketones is 1. The maximum atomic E-state index is 12.4. The van der Waals surface area contributed by atoms with Crippen molar-refractivity contribution < 1.29 is 4.79 Å². The molecule has 0 aliphatic rings. The summed E-state index contributed by atoms with van der Waals surface area (Å²) in [7, 11) is 0. The highest BCUT2D eigenvalue weighted by Crippen LogP contribution is 2.25. The average Bonchev–Trinajstić information content (AvgIpc) is 2.87. The van der Waals surface area contributed by atoms with Crippen molar-refractivity contribution in [2.45, 2.75) is 13.8 Å². The molecule has 0 bridgehead atoms. The van der Waals surface area contributed by atoms with Crippen LogP contribution < -0.4 is 0 Å². The van der Waals surface area contributed by atoms with Crippen LogP contribution in [-0.4, -0.2) is 20.5 Å². The Morgan fingerprint density at radius 3 is 2.65 bits per heavy atom. The molecule has 1 aromatic carbocycles. The third-order valence-corrected chi connectivity index (χ3v) is 3.31. The number of carbonyl (C=O) groups excluding carboxylic acids is 1. The van der Waals surface area contributed by atoms with Crippen molar-refractivity contribution in [1.82, 2.24) is 14.8 Å². The number of benzene rings is 1. The van der Waals surface area contributed by atoms with Crippen molar-refractivity contribution in [3.05, 3.63) is 54.4 Å². The van der Waals surface area contributed by atoms with Gasteiger partial charge in [0.15, 0.2) is 11.6 Å². The molecule has 3 aromatic rings. The second-order valence-electron chi connectivity index (χ2n) is 5.03. The van der Waals surface area contributed by atoms with Crippen LogP contribution in [0.4, 0.5) is 0 Å². The number of rotatable bonds is 3. The van der Waals surface area contributed by atoms with E-state index < -0.39 is 0 Å². The van der Waals surface area contributed by atoms with Crippen molar-refractivity contribution in [3.8, 4) is 5.82 Å². The third kappa shape index (κ3) is 1.99. The van der Waals surface area contributed by atoms with Gasteiger partial charge in [-0.3, -0.25) is 9.36 Å². The Kier molecular flexibility index (Phi) is 3.06. The van der Waals surface area contributed by atoms with Gasteiger partial charge in [0, 0.05) is 29.3 Å². The lowest BCUT2D eigenvalue weighted by molar-refractivity contribution is 0.0941. The van der Waals surface area contributed by atoms with Crippen LogP contribution in [0.1, 0.15) is 24.2 Å². The summed E-state index contributed by atoms with van der Waals surface area (Å²) >= 11 is 0. The molecule has 2 aromatic heterocycles. The zero-order valence-corrected chi connectivity index (χ0v) is 11.4. The molecule has 0 amide bonds. The number of para-hydroxylation sites is 1. The molecule has 0 unspecified atom stereocenters. The summed E-state index contributed by atoms with van der Waals surface area (Å²) < 4.78 is 1.91. The zero-order chi connectivity index (χ0) is 14.1. The van der Waals surface area contributed by atoms with Crippen molar-refractivity contribution in [2.24, 2.45) is 5.92 Å². The van der Waals surface area contributed by atoms with Crippen LogP contribution in [0, 0.1) is 5.92 Å². The number of hydrogen-bond donors (Lipinski definition) is 0. The highest BCUT2D eigenvalue weighted by atomic mass is 16.1. The van der Waals surface area contributed by atoms with Crippen LogP contribution >= 0.6 is 0 Å². The largest absolute Gasteiger partial charge is 0.299 e. The van der Waals surface area contributed by atoms with E-state index in [1.807, 2.05) is 61.0 Å². The number of hydrogen-bond acceptors (Lipinski definition) is 3. The lowest BCUT2D eigenvalue weighted by Crippen LogP contribution is -2.06. The van der Waals surface area contributed by atoms with Gasteiger partial charge in [0.2, 0.25) is 0 Å². The van der Waals surface area contributed by atoms with Gasteiger partial charge in [-0.05, 0) is 18.2 Å². The molecule has 0 aliphatic heterocycles. The summed E-state index contributed by atoms with van der Waals surface area (Å²) in [5.74, 6) is 0.825. The van der Waals surface area contributed by atoms with Crippen molar-refractivity contribution in [3.63, 3.8) is 0 Å². The van der Waals surface area contributed by atoms with Gasteiger partial charge in [0.1, 0.15) is 0 Å². The molecule has 0 fully saturated rings. The molecule has 4 heteroatoms. The quantitative estimate of drug-likeness (QED) is 0.683. The minimum atomic E-state index is -0.0314. The highest BCUT2D eigenvalue weighted by Gasteiger charge is 2.18. The highest BCUT2D eigenvalue weighted by molar-refractivity contribution is 6.09. The molecule has 0 aliphatic carbocycles. The monoisotopic (exact) mass is 265 g/mol. The first-order valence-electron chi connectivity index (χ1n) is 6.61. The van der Waals surface area contributed by atoms with E-state index in [0.29, 0.717) is 5.82 Å². The number of carbonyl (C=O) groups is 1. The fourth-order valence-electron chi connectivity index (χ4n) is 2.30. The molecule has 0 saturated carbocycles. The molecule has 2 heterocycles. The molecule has 20 heavy (non-hydrogen) atoms. The van der Waals surface area contributed by atoms with Gasteiger partial charge in [0.25, 0.3) is 0 Å². The summed E-state index contributed by atoms with van der Waals surface area (Å²) in [4.78, 5) is 12.4.